The lowest BCUT2D eigenvalue weighted by atomic mass is 10.2. The first-order chi connectivity index (χ1) is 13.8. The highest BCUT2D eigenvalue weighted by Gasteiger charge is 2.00. The van der Waals surface area contributed by atoms with E-state index in [0.717, 1.165) is 67.6 Å². The molecule has 0 aliphatic rings. The zero-order valence-corrected chi connectivity index (χ0v) is 16.4. The van der Waals surface area contributed by atoms with Crippen molar-refractivity contribution in [2.45, 2.75) is 25.7 Å². The molecule has 3 rings (SSSR count). The van der Waals surface area contributed by atoms with E-state index < -0.39 is 0 Å². The molecule has 0 spiro atoms. The maximum absolute atomic E-state index is 4.71. The topological polar surface area (TPSA) is 74.8 Å². The molecule has 0 saturated heterocycles. The van der Waals surface area contributed by atoms with Crippen LogP contribution in [0.25, 0.3) is 0 Å². The number of aryl methyl sites for hydroxylation is 2. The molecule has 0 saturated carbocycles. The molecule has 0 radical (unpaired) electrons. The summed E-state index contributed by atoms with van der Waals surface area (Å²) in [6, 6.07) is 18.1. The van der Waals surface area contributed by atoms with Gasteiger partial charge < -0.3 is 16.0 Å². The van der Waals surface area contributed by atoms with Crippen LogP contribution in [-0.4, -0.2) is 35.1 Å². The van der Waals surface area contributed by atoms with Crippen LogP contribution in [0.3, 0.4) is 0 Å². The van der Waals surface area contributed by atoms with E-state index in [1.54, 1.807) is 6.20 Å². The van der Waals surface area contributed by atoms with Crippen LogP contribution >= 0.6 is 0 Å². The van der Waals surface area contributed by atoms with Crippen LogP contribution < -0.4 is 16.0 Å². The van der Waals surface area contributed by atoms with E-state index in [-0.39, 0.29) is 0 Å². The fourth-order valence-electron chi connectivity index (χ4n) is 2.91. The zero-order chi connectivity index (χ0) is 19.4. The van der Waals surface area contributed by atoms with Crippen molar-refractivity contribution in [2.75, 3.05) is 36.1 Å². The fraction of sp³-hybridized carbons (Fsp3) is 0.318. The Morgan fingerprint density at radius 3 is 1.93 bits per heavy atom. The van der Waals surface area contributed by atoms with Crippen LogP contribution in [0.15, 0.2) is 60.8 Å². The SMILES string of the molecule is CNc1cccc(CCCNc2cccc(CCCNc3ccccn3)n2)n1. The normalized spacial score (nSPS) is 10.5. The van der Waals surface area contributed by atoms with Crippen LogP contribution in [0.2, 0.25) is 0 Å². The Morgan fingerprint density at radius 1 is 0.679 bits per heavy atom. The van der Waals surface area contributed by atoms with Gasteiger partial charge in [-0.15, -0.1) is 0 Å². The van der Waals surface area contributed by atoms with Crippen molar-refractivity contribution in [3.63, 3.8) is 0 Å². The molecule has 3 aromatic heterocycles. The standard InChI is InChI=1S/C22H28N6/c1-23-20-13-4-8-18(27-20)10-7-17-26-22-14-5-9-19(28-22)11-6-16-25-21-12-2-3-15-24-21/h2-5,8-9,12-15H,6-7,10-11,16-17H2,1H3,(H,23,27)(H,24,25)(H,26,28). The Balaban J connectivity index is 1.37. The smallest absolute Gasteiger partial charge is 0.126 e. The first-order valence-electron chi connectivity index (χ1n) is 9.82. The summed E-state index contributed by atoms with van der Waals surface area (Å²) in [4.78, 5) is 13.5. The molecule has 0 aromatic carbocycles. The minimum atomic E-state index is 0.878. The molecule has 6 heteroatoms. The van der Waals surface area contributed by atoms with E-state index in [9.17, 15) is 0 Å². The van der Waals surface area contributed by atoms with E-state index >= 15 is 0 Å². The Kier molecular flexibility index (Phi) is 7.61. The third kappa shape index (κ3) is 6.54. The van der Waals surface area contributed by atoms with Crippen LogP contribution in [0.1, 0.15) is 24.2 Å². The van der Waals surface area contributed by atoms with Gasteiger partial charge in [0.15, 0.2) is 0 Å². The summed E-state index contributed by atoms with van der Waals surface area (Å²) >= 11 is 0. The third-order valence-electron chi connectivity index (χ3n) is 4.37. The van der Waals surface area contributed by atoms with Gasteiger partial charge in [-0.1, -0.05) is 18.2 Å². The van der Waals surface area contributed by atoms with E-state index in [1.807, 2.05) is 43.4 Å². The minimum absolute atomic E-state index is 0.878. The van der Waals surface area contributed by atoms with Gasteiger partial charge in [-0.2, -0.15) is 0 Å². The number of hydrogen-bond donors (Lipinski definition) is 3. The second-order valence-electron chi connectivity index (χ2n) is 6.55. The predicted molar refractivity (Wildman–Crippen MR) is 116 cm³/mol. The molecular weight excluding hydrogens is 348 g/mol. The van der Waals surface area contributed by atoms with Gasteiger partial charge in [-0.05, 0) is 62.1 Å². The number of rotatable bonds is 11. The predicted octanol–water partition coefficient (Wildman–Crippen LogP) is 4.00. The molecule has 0 unspecified atom stereocenters. The van der Waals surface area contributed by atoms with E-state index in [4.69, 9.17) is 4.98 Å². The number of pyridine rings is 3. The Morgan fingerprint density at radius 2 is 1.29 bits per heavy atom. The number of hydrogen-bond acceptors (Lipinski definition) is 6. The number of anilines is 3. The average molecular weight is 377 g/mol. The molecule has 6 nitrogen and oxygen atoms in total. The van der Waals surface area contributed by atoms with Crippen molar-refractivity contribution in [3.05, 3.63) is 72.2 Å². The van der Waals surface area contributed by atoms with Crippen molar-refractivity contribution in [2.24, 2.45) is 0 Å². The van der Waals surface area contributed by atoms with Crippen LogP contribution in [0.5, 0.6) is 0 Å². The van der Waals surface area contributed by atoms with Crippen molar-refractivity contribution in [1.82, 2.24) is 15.0 Å². The van der Waals surface area contributed by atoms with Gasteiger partial charge in [0.05, 0.1) is 0 Å². The summed E-state index contributed by atoms with van der Waals surface area (Å²) in [5.41, 5.74) is 2.21. The maximum Gasteiger partial charge on any atom is 0.126 e. The summed E-state index contributed by atoms with van der Waals surface area (Å²) in [7, 11) is 1.89. The quantitative estimate of drug-likeness (QED) is 0.439. The van der Waals surface area contributed by atoms with Crippen LogP contribution in [0, 0.1) is 0 Å². The largest absolute Gasteiger partial charge is 0.373 e. The van der Waals surface area contributed by atoms with Crippen molar-refractivity contribution in [1.29, 1.82) is 0 Å². The number of nitrogens with zero attached hydrogens (tertiary/aromatic N) is 3. The Hall–Kier alpha value is -3.15. The molecule has 3 heterocycles. The van der Waals surface area contributed by atoms with E-state index in [1.165, 1.54) is 0 Å². The second kappa shape index (κ2) is 10.9. The van der Waals surface area contributed by atoms with Gasteiger partial charge in [0.25, 0.3) is 0 Å². The molecule has 0 atom stereocenters. The molecule has 3 N–H and O–H groups in total. The molecule has 0 aliphatic heterocycles. The molecule has 3 aromatic rings. The highest BCUT2D eigenvalue weighted by molar-refractivity contribution is 5.36. The molecule has 0 bridgehead atoms. The summed E-state index contributed by atoms with van der Waals surface area (Å²) < 4.78 is 0. The fourth-order valence-corrected chi connectivity index (χ4v) is 2.91. The highest BCUT2D eigenvalue weighted by Crippen LogP contribution is 2.09. The monoisotopic (exact) mass is 376 g/mol. The summed E-state index contributed by atoms with van der Waals surface area (Å²) in [6.45, 7) is 1.76. The number of nitrogens with one attached hydrogen (secondary N) is 3. The highest BCUT2D eigenvalue weighted by atomic mass is 15.0. The van der Waals surface area contributed by atoms with Crippen molar-refractivity contribution < 1.29 is 0 Å². The lowest BCUT2D eigenvalue weighted by molar-refractivity contribution is 0.819. The molecule has 0 fully saturated rings. The minimum Gasteiger partial charge on any atom is -0.373 e. The van der Waals surface area contributed by atoms with Gasteiger partial charge in [-0.25, -0.2) is 15.0 Å². The lowest BCUT2D eigenvalue weighted by Crippen LogP contribution is -2.07. The van der Waals surface area contributed by atoms with E-state index in [2.05, 4.69) is 44.1 Å². The van der Waals surface area contributed by atoms with Gasteiger partial charge in [0.2, 0.25) is 0 Å². The van der Waals surface area contributed by atoms with Crippen molar-refractivity contribution in [3.8, 4) is 0 Å². The first-order valence-corrected chi connectivity index (χ1v) is 9.82. The van der Waals surface area contributed by atoms with Crippen molar-refractivity contribution >= 4 is 17.5 Å². The van der Waals surface area contributed by atoms with Gasteiger partial charge in [0, 0.05) is 37.7 Å². The van der Waals surface area contributed by atoms with E-state index in [0.29, 0.717) is 0 Å². The maximum atomic E-state index is 4.71. The molecule has 0 aliphatic carbocycles. The van der Waals surface area contributed by atoms with Crippen LogP contribution in [0.4, 0.5) is 17.5 Å². The first kappa shape index (κ1) is 19.6. The van der Waals surface area contributed by atoms with Gasteiger partial charge in [-0.3, -0.25) is 0 Å². The second-order valence-corrected chi connectivity index (χ2v) is 6.55. The third-order valence-corrected chi connectivity index (χ3v) is 4.37. The molecule has 0 amide bonds. The zero-order valence-electron chi connectivity index (χ0n) is 16.4. The Labute approximate surface area is 166 Å². The average Bonchev–Trinajstić information content (AvgIpc) is 2.75. The molecular formula is C22H28N6. The summed E-state index contributed by atoms with van der Waals surface area (Å²) in [5.74, 6) is 2.77. The lowest BCUT2D eigenvalue weighted by Gasteiger charge is -2.09. The van der Waals surface area contributed by atoms with Gasteiger partial charge in [0.1, 0.15) is 17.5 Å². The summed E-state index contributed by atoms with van der Waals surface area (Å²) in [6.07, 6.45) is 5.71. The molecule has 146 valence electrons. The summed E-state index contributed by atoms with van der Waals surface area (Å²) in [5, 5.41) is 9.83. The number of aromatic nitrogens is 3. The van der Waals surface area contributed by atoms with Crippen LogP contribution in [-0.2, 0) is 12.8 Å². The molecule has 28 heavy (non-hydrogen) atoms. The van der Waals surface area contributed by atoms with Gasteiger partial charge >= 0.3 is 0 Å². The Bertz CT molecular complexity index is 837.